The first-order valence-electron chi connectivity index (χ1n) is 10.2. The number of rotatable bonds is 4. The van der Waals surface area contributed by atoms with Crippen LogP contribution in [0.4, 0.5) is 0 Å². The van der Waals surface area contributed by atoms with Crippen LogP contribution in [-0.4, -0.2) is 47.3 Å². The molecule has 1 saturated carbocycles. The van der Waals surface area contributed by atoms with E-state index in [1.54, 1.807) is 0 Å². The molecule has 1 aromatic carbocycles. The molecule has 140 valence electrons. The third-order valence-electron chi connectivity index (χ3n) is 6.48. The van der Waals surface area contributed by atoms with E-state index in [-0.39, 0.29) is 11.3 Å². The van der Waals surface area contributed by atoms with Crippen molar-refractivity contribution in [2.24, 2.45) is 5.41 Å². The first-order valence-corrected chi connectivity index (χ1v) is 10.2. The highest BCUT2D eigenvalue weighted by Gasteiger charge is 2.46. The molecule has 0 radical (unpaired) electrons. The van der Waals surface area contributed by atoms with Gasteiger partial charge in [-0.3, -0.25) is 9.59 Å². The molecular formula is C22H30N2O2. The maximum absolute atomic E-state index is 12.9. The Morgan fingerprint density at radius 2 is 1.85 bits per heavy atom. The quantitative estimate of drug-likeness (QED) is 0.833. The van der Waals surface area contributed by atoms with Crippen molar-refractivity contribution >= 4 is 11.8 Å². The average Bonchev–Trinajstić information content (AvgIpc) is 3.50. The van der Waals surface area contributed by atoms with E-state index < -0.39 is 0 Å². The van der Waals surface area contributed by atoms with Gasteiger partial charge in [-0.25, -0.2) is 0 Å². The smallest absolute Gasteiger partial charge is 0.227 e. The molecule has 0 unspecified atom stereocenters. The van der Waals surface area contributed by atoms with Crippen molar-refractivity contribution in [1.82, 2.24) is 9.80 Å². The number of piperidine rings is 2. The number of hydrogen-bond donors (Lipinski definition) is 0. The molecule has 4 heteroatoms. The number of nitrogens with zero attached hydrogens (tertiary/aromatic N) is 2. The van der Waals surface area contributed by atoms with Crippen LogP contribution in [0.1, 0.15) is 56.6 Å². The summed E-state index contributed by atoms with van der Waals surface area (Å²) >= 11 is 0. The van der Waals surface area contributed by atoms with E-state index in [1.165, 1.54) is 5.56 Å². The monoisotopic (exact) mass is 354 g/mol. The summed E-state index contributed by atoms with van der Waals surface area (Å²) in [5, 5.41) is 0. The molecule has 26 heavy (non-hydrogen) atoms. The number of hydrogen-bond acceptors (Lipinski definition) is 2. The van der Waals surface area contributed by atoms with Crippen LogP contribution in [0.15, 0.2) is 24.3 Å². The Balaban J connectivity index is 1.40. The molecule has 2 amide bonds. The zero-order chi connectivity index (χ0) is 18.1. The summed E-state index contributed by atoms with van der Waals surface area (Å²) in [5.41, 5.74) is 2.55. The molecule has 0 N–H and O–H groups in total. The van der Waals surface area contributed by atoms with E-state index in [0.717, 1.165) is 63.7 Å². The third kappa shape index (κ3) is 3.65. The summed E-state index contributed by atoms with van der Waals surface area (Å²) in [4.78, 5) is 29.3. The van der Waals surface area contributed by atoms with Crippen LogP contribution < -0.4 is 0 Å². The van der Waals surface area contributed by atoms with Crippen molar-refractivity contribution in [3.63, 3.8) is 0 Å². The van der Waals surface area contributed by atoms with Gasteiger partial charge in [-0.1, -0.05) is 31.2 Å². The first-order chi connectivity index (χ1) is 12.6. The fourth-order valence-electron chi connectivity index (χ4n) is 4.70. The summed E-state index contributed by atoms with van der Waals surface area (Å²) in [5.74, 6) is 0.570. The van der Waals surface area contributed by atoms with Crippen molar-refractivity contribution in [1.29, 1.82) is 0 Å². The maximum Gasteiger partial charge on any atom is 0.227 e. The summed E-state index contributed by atoms with van der Waals surface area (Å²) in [6.45, 7) is 4.71. The molecule has 1 aliphatic carbocycles. The lowest BCUT2D eigenvalue weighted by molar-refractivity contribution is -0.143. The topological polar surface area (TPSA) is 40.6 Å². The van der Waals surface area contributed by atoms with Gasteiger partial charge < -0.3 is 9.80 Å². The molecule has 2 aliphatic heterocycles. The third-order valence-corrected chi connectivity index (χ3v) is 6.48. The molecule has 1 spiro atoms. The molecule has 3 aliphatic rings. The highest BCUT2D eigenvalue weighted by atomic mass is 16.2. The molecule has 2 saturated heterocycles. The van der Waals surface area contributed by atoms with Crippen molar-refractivity contribution in [2.45, 2.75) is 64.3 Å². The lowest BCUT2D eigenvalue weighted by Gasteiger charge is -2.48. The summed E-state index contributed by atoms with van der Waals surface area (Å²) < 4.78 is 0. The normalized spacial score (nSPS) is 26.4. The van der Waals surface area contributed by atoms with E-state index in [9.17, 15) is 9.59 Å². The van der Waals surface area contributed by atoms with E-state index >= 15 is 0 Å². The van der Waals surface area contributed by atoms with Crippen LogP contribution >= 0.6 is 0 Å². The fourth-order valence-corrected chi connectivity index (χ4v) is 4.70. The van der Waals surface area contributed by atoms with E-state index in [2.05, 4.69) is 41.0 Å². The second-order valence-corrected chi connectivity index (χ2v) is 8.52. The van der Waals surface area contributed by atoms with E-state index in [0.29, 0.717) is 24.8 Å². The van der Waals surface area contributed by atoms with Gasteiger partial charge in [0.2, 0.25) is 11.8 Å². The number of amides is 2. The predicted molar refractivity (Wildman–Crippen MR) is 102 cm³/mol. The van der Waals surface area contributed by atoms with Crippen molar-refractivity contribution in [3.05, 3.63) is 35.4 Å². The standard InChI is InChI=1S/C22H30N2O2/c1-2-17-4-6-18(7-5-17)14-21(26)23-13-3-11-22(15-23)12-10-20(25)24(16-22)19-8-9-19/h4-7,19H,2-3,8-16H2,1H3/t22-/m1/s1. The lowest BCUT2D eigenvalue weighted by atomic mass is 9.73. The second kappa shape index (κ2) is 7.05. The van der Waals surface area contributed by atoms with Crippen LogP contribution in [0.25, 0.3) is 0 Å². The molecule has 1 aromatic rings. The summed E-state index contributed by atoms with van der Waals surface area (Å²) in [6.07, 6.45) is 7.67. The van der Waals surface area contributed by atoms with Gasteiger partial charge in [-0.05, 0) is 49.7 Å². The highest BCUT2D eigenvalue weighted by molar-refractivity contribution is 5.80. The Labute approximate surface area is 156 Å². The zero-order valence-electron chi connectivity index (χ0n) is 15.9. The number of carbonyl (C=O) groups excluding carboxylic acids is 2. The zero-order valence-corrected chi connectivity index (χ0v) is 15.9. The number of carbonyl (C=O) groups is 2. The number of benzene rings is 1. The van der Waals surface area contributed by atoms with Crippen LogP contribution in [0.2, 0.25) is 0 Å². The van der Waals surface area contributed by atoms with Crippen LogP contribution in [0, 0.1) is 5.41 Å². The largest absolute Gasteiger partial charge is 0.342 e. The maximum atomic E-state index is 12.9. The van der Waals surface area contributed by atoms with Gasteiger partial charge in [0.25, 0.3) is 0 Å². The van der Waals surface area contributed by atoms with Crippen LogP contribution in [0.5, 0.6) is 0 Å². The van der Waals surface area contributed by atoms with Gasteiger partial charge in [0.1, 0.15) is 0 Å². The van der Waals surface area contributed by atoms with Gasteiger partial charge in [0.15, 0.2) is 0 Å². The van der Waals surface area contributed by atoms with Gasteiger partial charge in [0, 0.05) is 37.5 Å². The fraction of sp³-hybridized carbons (Fsp3) is 0.636. The molecule has 3 fully saturated rings. The Kier molecular flexibility index (Phi) is 4.76. The molecular weight excluding hydrogens is 324 g/mol. The van der Waals surface area contributed by atoms with Gasteiger partial charge >= 0.3 is 0 Å². The van der Waals surface area contributed by atoms with E-state index in [4.69, 9.17) is 0 Å². The van der Waals surface area contributed by atoms with Crippen LogP contribution in [0.3, 0.4) is 0 Å². The Hall–Kier alpha value is -1.84. The Morgan fingerprint density at radius 3 is 2.54 bits per heavy atom. The minimum atomic E-state index is 0.135. The first kappa shape index (κ1) is 17.6. The SMILES string of the molecule is CCc1ccc(CC(=O)N2CCC[C@@]3(CCC(=O)N(C4CC4)C3)C2)cc1. The molecule has 4 rings (SSSR count). The molecule has 0 aromatic heterocycles. The van der Waals surface area contributed by atoms with Gasteiger partial charge in [0.05, 0.1) is 6.42 Å². The molecule has 0 bridgehead atoms. The summed E-state index contributed by atoms with van der Waals surface area (Å²) in [7, 11) is 0. The molecule has 4 nitrogen and oxygen atoms in total. The van der Waals surface area contributed by atoms with Crippen molar-refractivity contribution in [3.8, 4) is 0 Å². The Morgan fingerprint density at radius 1 is 1.12 bits per heavy atom. The van der Waals surface area contributed by atoms with Crippen LogP contribution in [-0.2, 0) is 22.4 Å². The average molecular weight is 354 g/mol. The predicted octanol–water partition coefficient (Wildman–Crippen LogP) is 3.19. The Bertz CT molecular complexity index is 680. The van der Waals surface area contributed by atoms with Crippen molar-refractivity contribution < 1.29 is 9.59 Å². The lowest BCUT2D eigenvalue weighted by Crippen LogP contribution is -2.55. The number of likely N-dealkylation sites (tertiary alicyclic amines) is 2. The van der Waals surface area contributed by atoms with Gasteiger partial charge in [-0.15, -0.1) is 0 Å². The van der Waals surface area contributed by atoms with Gasteiger partial charge in [-0.2, -0.15) is 0 Å². The molecule has 1 atom stereocenters. The van der Waals surface area contributed by atoms with Crippen molar-refractivity contribution in [2.75, 3.05) is 19.6 Å². The minimum absolute atomic E-state index is 0.135. The highest BCUT2D eigenvalue weighted by Crippen LogP contribution is 2.42. The second-order valence-electron chi connectivity index (χ2n) is 8.52. The number of aryl methyl sites for hydroxylation is 1. The summed E-state index contributed by atoms with van der Waals surface area (Å²) in [6, 6.07) is 8.92. The van der Waals surface area contributed by atoms with E-state index in [1.807, 2.05) is 0 Å². The molecule has 2 heterocycles. The minimum Gasteiger partial charge on any atom is -0.342 e.